The molecule has 6 heterocycles. The molecule has 10 fully saturated rings. The average molecular weight is 1020 g/mol. The van der Waals surface area contributed by atoms with E-state index in [9.17, 15) is 56.2 Å². The van der Waals surface area contributed by atoms with E-state index in [0.717, 1.165) is 58.0 Å². The van der Waals surface area contributed by atoms with Crippen molar-refractivity contribution in [1.82, 2.24) is 0 Å². The zero-order chi connectivity index (χ0) is 50.6. The Balaban J connectivity index is 0.721. The second-order valence-corrected chi connectivity index (χ2v) is 23.9. The molecule has 31 atom stereocenters. The lowest BCUT2D eigenvalue weighted by Crippen LogP contribution is -2.65. The fourth-order valence-electron chi connectivity index (χ4n) is 15.7. The molecular formula is C50H82O21. The molecule has 0 unspecified atom stereocenters. The van der Waals surface area contributed by atoms with Crippen molar-refractivity contribution in [2.24, 2.45) is 52.3 Å². The molecule has 408 valence electrons. The van der Waals surface area contributed by atoms with E-state index in [1.807, 2.05) is 0 Å². The number of fused-ring (bicyclic) bond motifs is 7. The molecule has 0 aromatic rings. The Hall–Kier alpha value is -0.840. The summed E-state index contributed by atoms with van der Waals surface area (Å²) in [6.45, 7) is 10.3. The summed E-state index contributed by atoms with van der Waals surface area (Å²) < 4.78 is 60.5. The summed E-state index contributed by atoms with van der Waals surface area (Å²) in [6.07, 6.45) is -19.2. The van der Waals surface area contributed by atoms with Crippen LogP contribution in [-0.2, 0) is 47.4 Å². The van der Waals surface area contributed by atoms with E-state index < -0.39 is 142 Å². The van der Waals surface area contributed by atoms with Gasteiger partial charge in [-0.2, -0.15) is 0 Å². The van der Waals surface area contributed by atoms with Gasteiger partial charge >= 0.3 is 0 Å². The van der Waals surface area contributed by atoms with E-state index in [1.165, 1.54) is 19.8 Å². The van der Waals surface area contributed by atoms with Gasteiger partial charge in [-0.05, 0) is 111 Å². The first-order valence-corrected chi connectivity index (χ1v) is 26.6. The third kappa shape index (κ3) is 9.30. The van der Waals surface area contributed by atoms with Gasteiger partial charge in [-0.1, -0.05) is 27.7 Å². The molecule has 11 N–H and O–H groups in total. The molecule has 6 saturated heterocycles. The third-order valence-electron chi connectivity index (χ3n) is 20.0. The second-order valence-electron chi connectivity index (χ2n) is 23.9. The van der Waals surface area contributed by atoms with Crippen molar-refractivity contribution < 1.29 is 104 Å². The predicted octanol–water partition coefficient (Wildman–Crippen LogP) is -1.24. The number of rotatable bonds is 10. The quantitative estimate of drug-likeness (QED) is 0.114. The molecule has 0 aromatic heterocycles. The van der Waals surface area contributed by atoms with Crippen molar-refractivity contribution in [3.63, 3.8) is 0 Å². The van der Waals surface area contributed by atoms with Gasteiger partial charge < -0.3 is 104 Å². The van der Waals surface area contributed by atoms with Gasteiger partial charge in [-0.3, -0.25) is 0 Å². The minimum Gasteiger partial charge on any atom is -0.394 e. The highest BCUT2D eigenvalue weighted by molar-refractivity contribution is 5.15. The average Bonchev–Trinajstić information content (AvgIpc) is 3.80. The van der Waals surface area contributed by atoms with Crippen molar-refractivity contribution >= 4 is 0 Å². The molecule has 0 amide bonds. The first-order valence-electron chi connectivity index (χ1n) is 26.6. The van der Waals surface area contributed by atoms with E-state index in [4.69, 9.17) is 47.4 Å². The maximum atomic E-state index is 11.2. The topological polar surface area (TPSA) is 315 Å². The highest BCUT2D eigenvalue weighted by atomic mass is 16.8. The number of ether oxygens (including phenoxy) is 10. The zero-order valence-electron chi connectivity index (χ0n) is 41.6. The summed E-state index contributed by atoms with van der Waals surface area (Å²) in [7, 11) is 0. The Morgan fingerprint density at radius 1 is 0.563 bits per heavy atom. The van der Waals surface area contributed by atoms with Crippen LogP contribution < -0.4 is 0 Å². The maximum absolute atomic E-state index is 11.2. The molecule has 21 heteroatoms. The van der Waals surface area contributed by atoms with Crippen LogP contribution in [-0.4, -0.2) is 217 Å². The van der Waals surface area contributed by atoms with Gasteiger partial charge in [0.1, 0.15) is 85.5 Å². The number of aliphatic hydroxyl groups is 11. The van der Waals surface area contributed by atoms with Gasteiger partial charge in [0.15, 0.2) is 30.9 Å². The third-order valence-corrected chi connectivity index (χ3v) is 20.0. The van der Waals surface area contributed by atoms with Crippen LogP contribution in [0.5, 0.6) is 0 Å². The predicted molar refractivity (Wildman–Crippen MR) is 241 cm³/mol. The Labute approximate surface area is 414 Å². The molecule has 0 bridgehead atoms. The van der Waals surface area contributed by atoms with E-state index in [2.05, 4.69) is 27.7 Å². The number of hydrogen-bond acceptors (Lipinski definition) is 21. The molecule has 0 aromatic carbocycles. The van der Waals surface area contributed by atoms with Crippen LogP contribution in [0.1, 0.15) is 98.8 Å². The second kappa shape index (κ2) is 20.5. The van der Waals surface area contributed by atoms with E-state index in [0.29, 0.717) is 41.4 Å². The fraction of sp³-hybridized carbons (Fsp3) is 1.00. The van der Waals surface area contributed by atoms with Crippen LogP contribution in [0.15, 0.2) is 0 Å². The van der Waals surface area contributed by atoms with Crippen molar-refractivity contribution in [2.75, 3.05) is 26.4 Å². The minimum atomic E-state index is -1.86. The number of hydrogen-bond donors (Lipinski definition) is 11. The van der Waals surface area contributed by atoms with E-state index in [-0.39, 0.29) is 23.0 Å². The highest BCUT2D eigenvalue weighted by Crippen LogP contribution is 2.71. The molecule has 71 heavy (non-hydrogen) atoms. The highest BCUT2D eigenvalue weighted by Gasteiger charge is 2.69. The Morgan fingerprint density at radius 3 is 1.94 bits per heavy atom. The van der Waals surface area contributed by atoms with E-state index >= 15 is 0 Å². The maximum Gasteiger partial charge on any atom is 0.187 e. The fourth-order valence-corrected chi connectivity index (χ4v) is 15.7. The lowest BCUT2D eigenvalue weighted by Gasteiger charge is -2.61. The summed E-state index contributed by atoms with van der Waals surface area (Å²) >= 11 is 0. The van der Waals surface area contributed by atoms with Crippen LogP contribution in [0.2, 0.25) is 0 Å². The Morgan fingerprint density at radius 2 is 1.24 bits per heavy atom. The monoisotopic (exact) mass is 1020 g/mol. The van der Waals surface area contributed by atoms with Crippen molar-refractivity contribution in [3.05, 3.63) is 0 Å². The molecule has 0 radical (unpaired) electrons. The van der Waals surface area contributed by atoms with Gasteiger partial charge in [0.05, 0.1) is 44.7 Å². The standard InChI is InChI=1S/C50H82O21/c1-20-8-13-50(64-17-20)21(2)32-28(71-50)15-27-25-7-6-23-14-24(9-11-48(23,4)26(25)10-12-49(27,32)5)66-45-41(60)38(57)35(54)30(68-45)18-62-44-40(59)36(55)31(19-63-44)69-47-43(39(58)33(52)22(3)65-47)70-46-42(61)37(56)34(53)29(16-51)67-46/h20-47,51-61H,6-19H2,1-5H3/t20-,21+,22+,23-,24+,25-,26+,27+,28+,29-,30-,31+,32+,33+,34-,35-,36+,37+,38+,39-,40-,41-,42-,43-,44-,45-,46+,47+,48+,49+,50-/m1/s1. The molecule has 1 spiro atoms. The largest absolute Gasteiger partial charge is 0.394 e. The summed E-state index contributed by atoms with van der Waals surface area (Å²) in [4.78, 5) is 0. The zero-order valence-corrected chi connectivity index (χ0v) is 41.6. The minimum absolute atomic E-state index is 0.140. The Bertz CT molecular complexity index is 1810. The normalized spacial score (nSPS) is 58.5. The van der Waals surface area contributed by atoms with Gasteiger partial charge in [0, 0.05) is 12.3 Å². The summed E-state index contributed by atoms with van der Waals surface area (Å²) in [5.41, 5.74) is 0.369. The van der Waals surface area contributed by atoms with Crippen molar-refractivity contribution in [3.8, 4) is 0 Å². The molecule has 6 aliphatic heterocycles. The first kappa shape index (κ1) is 53.6. The van der Waals surface area contributed by atoms with Crippen LogP contribution in [0.4, 0.5) is 0 Å². The van der Waals surface area contributed by atoms with Gasteiger partial charge in [0.25, 0.3) is 0 Å². The Kier molecular flexibility index (Phi) is 15.5. The van der Waals surface area contributed by atoms with Crippen molar-refractivity contribution in [1.29, 1.82) is 0 Å². The van der Waals surface area contributed by atoms with Crippen LogP contribution in [0.25, 0.3) is 0 Å². The van der Waals surface area contributed by atoms with Gasteiger partial charge in [-0.15, -0.1) is 0 Å². The summed E-state index contributed by atoms with van der Waals surface area (Å²) in [6, 6.07) is 0. The van der Waals surface area contributed by atoms with E-state index in [1.54, 1.807) is 0 Å². The SMILES string of the molecule is C[C@@H]1CC[C@@]2(OC1)O[C@H]1C[C@H]3[C@@H]4CC[C@@H]5C[C@@H](O[C@@H]6O[C@H](CO[C@@H]7OC[C@H](O[C@@H]8O[C@@H](C)[C@H](O)[C@@H](O)[C@H]8O[C@@H]8O[C@H](CO)[C@@H](O)[C@H](O)[C@H]8O)[C@H](O)[C@H]7O)[C@@H](O)[C@H](O)[C@H]6O)CC[C@]5(C)[C@H]4CC[C@]3(C)[C@H]1[C@@H]2C. The van der Waals surface area contributed by atoms with Crippen LogP contribution in [0.3, 0.4) is 0 Å². The molecule has 10 rings (SSSR count). The van der Waals surface area contributed by atoms with Crippen LogP contribution >= 0.6 is 0 Å². The molecule has 10 aliphatic rings. The summed E-state index contributed by atoms with van der Waals surface area (Å²) in [5, 5.41) is 118. The lowest BCUT2D eigenvalue weighted by molar-refractivity contribution is -0.380. The first-order chi connectivity index (χ1) is 33.7. The van der Waals surface area contributed by atoms with Gasteiger partial charge in [0.2, 0.25) is 0 Å². The number of aliphatic hydroxyl groups excluding tert-OH is 11. The molecule has 4 aliphatic carbocycles. The van der Waals surface area contributed by atoms with Crippen molar-refractivity contribution in [2.45, 2.75) is 234 Å². The smallest absolute Gasteiger partial charge is 0.187 e. The lowest BCUT2D eigenvalue weighted by atomic mass is 9.44. The van der Waals surface area contributed by atoms with Gasteiger partial charge in [-0.25, -0.2) is 0 Å². The van der Waals surface area contributed by atoms with Crippen LogP contribution in [0, 0.1) is 52.3 Å². The molecule has 4 saturated carbocycles. The summed E-state index contributed by atoms with van der Waals surface area (Å²) in [5.74, 6) is 3.31. The molecular weight excluding hydrogens is 937 g/mol. The molecule has 21 nitrogen and oxygen atoms in total.